The van der Waals surface area contributed by atoms with Gasteiger partial charge in [0.2, 0.25) is 5.82 Å². The van der Waals surface area contributed by atoms with E-state index < -0.39 is 53.2 Å². The number of carbonyl (C=O) groups excluding carboxylic acids is 2. The molecule has 0 saturated heterocycles. The molecule has 216 valence electrons. The van der Waals surface area contributed by atoms with E-state index in [9.17, 15) is 31.5 Å². The van der Waals surface area contributed by atoms with E-state index in [0.717, 1.165) is 19.3 Å². The van der Waals surface area contributed by atoms with Crippen molar-refractivity contribution >= 4 is 11.9 Å². The number of ether oxygens (including phenoxy) is 2. The lowest BCUT2D eigenvalue weighted by molar-refractivity contribution is 0.0462. The van der Waals surface area contributed by atoms with E-state index in [1.165, 1.54) is 82.1 Å². The third-order valence-corrected chi connectivity index (χ3v) is 6.46. The Labute approximate surface area is 226 Å². The van der Waals surface area contributed by atoms with Crippen LogP contribution < -0.4 is 0 Å². The van der Waals surface area contributed by atoms with Crippen LogP contribution in [-0.2, 0) is 16.1 Å². The van der Waals surface area contributed by atoms with Crippen LogP contribution in [0.1, 0.15) is 117 Å². The Hall–Kier alpha value is -2.97. The van der Waals surface area contributed by atoms with Crippen molar-refractivity contribution in [2.24, 2.45) is 0 Å². The molecule has 0 aromatic heterocycles. The molecule has 0 spiro atoms. The molecule has 0 atom stereocenters. The predicted molar refractivity (Wildman–Crippen MR) is 138 cm³/mol. The standard InChI is InChI=1S/C30H37F5O4/c1-2-3-4-5-6-7-8-9-10-11-12-13-14-18-38-29(36)21-16-15-17-22(19-21)30(37)39-20-23-24(31)26(33)28(35)27(34)25(23)32/h15-17,19H,2-14,18,20H2,1H3. The molecule has 0 N–H and O–H groups in total. The van der Waals surface area contributed by atoms with Crippen molar-refractivity contribution in [3.05, 3.63) is 70.0 Å². The molecular formula is C30H37F5O4. The van der Waals surface area contributed by atoms with Crippen molar-refractivity contribution in [1.82, 2.24) is 0 Å². The minimum absolute atomic E-state index is 0.0652. The number of halogens is 5. The fourth-order valence-electron chi connectivity index (χ4n) is 4.14. The molecule has 2 aromatic carbocycles. The van der Waals surface area contributed by atoms with Gasteiger partial charge in [-0.2, -0.15) is 0 Å². The number of carbonyl (C=O) groups is 2. The molecule has 0 unspecified atom stereocenters. The third-order valence-electron chi connectivity index (χ3n) is 6.46. The summed E-state index contributed by atoms with van der Waals surface area (Å²) in [5.74, 6) is -12.5. The summed E-state index contributed by atoms with van der Waals surface area (Å²) in [5, 5.41) is 0. The summed E-state index contributed by atoms with van der Waals surface area (Å²) in [4.78, 5) is 24.6. The molecule has 9 heteroatoms. The van der Waals surface area contributed by atoms with Gasteiger partial charge in [0.25, 0.3) is 0 Å². The van der Waals surface area contributed by atoms with E-state index >= 15 is 0 Å². The summed E-state index contributed by atoms with van der Waals surface area (Å²) in [7, 11) is 0. The Morgan fingerprint density at radius 3 is 1.49 bits per heavy atom. The average molecular weight is 557 g/mol. The number of unbranched alkanes of at least 4 members (excludes halogenated alkanes) is 12. The van der Waals surface area contributed by atoms with E-state index in [4.69, 9.17) is 9.47 Å². The van der Waals surface area contributed by atoms with Crippen LogP contribution in [0.3, 0.4) is 0 Å². The fraction of sp³-hybridized carbons (Fsp3) is 0.533. The quantitative estimate of drug-likeness (QED) is 0.0605. The maximum atomic E-state index is 13.8. The minimum atomic E-state index is -2.30. The van der Waals surface area contributed by atoms with Gasteiger partial charge >= 0.3 is 11.9 Å². The second-order valence-electron chi connectivity index (χ2n) is 9.58. The van der Waals surface area contributed by atoms with Gasteiger partial charge < -0.3 is 9.47 Å². The highest BCUT2D eigenvalue weighted by atomic mass is 19.2. The lowest BCUT2D eigenvalue weighted by atomic mass is 10.0. The van der Waals surface area contributed by atoms with Crippen molar-refractivity contribution in [2.75, 3.05) is 6.61 Å². The molecule has 2 rings (SSSR count). The van der Waals surface area contributed by atoms with Gasteiger partial charge in [0.15, 0.2) is 23.3 Å². The van der Waals surface area contributed by atoms with Crippen LogP contribution in [0.15, 0.2) is 24.3 Å². The number of hydrogen-bond acceptors (Lipinski definition) is 4. The number of rotatable bonds is 18. The Morgan fingerprint density at radius 1 is 0.590 bits per heavy atom. The maximum absolute atomic E-state index is 13.8. The molecule has 0 bridgehead atoms. The van der Waals surface area contributed by atoms with Crippen LogP contribution in [-0.4, -0.2) is 18.5 Å². The summed E-state index contributed by atoms with van der Waals surface area (Å²) in [6.07, 6.45) is 15.5. The largest absolute Gasteiger partial charge is 0.462 e. The van der Waals surface area contributed by atoms with Crippen LogP contribution >= 0.6 is 0 Å². The molecule has 0 heterocycles. The monoisotopic (exact) mass is 556 g/mol. The van der Waals surface area contributed by atoms with Crippen molar-refractivity contribution in [1.29, 1.82) is 0 Å². The molecule has 0 fully saturated rings. The fourth-order valence-corrected chi connectivity index (χ4v) is 4.14. The zero-order valence-electron chi connectivity index (χ0n) is 22.4. The van der Waals surface area contributed by atoms with E-state index in [1.54, 1.807) is 0 Å². The summed E-state index contributed by atoms with van der Waals surface area (Å²) in [6, 6.07) is 5.26. The van der Waals surface area contributed by atoms with Crippen LogP contribution in [0.25, 0.3) is 0 Å². The van der Waals surface area contributed by atoms with Crippen molar-refractivity contribution in [3.8, 4) is 0 Å². The Morgan fingerprint density at radius 2 is 1.00 bits per heavy atom. The maximum Gasteiger partial charge on any atom is 0.338 e. The molecule has 0 saturated carbocycles. The minimum Gasteiger partial charge on any atom is -0.462 e. The SMILES string of the molecule is CCCCCCCCCCCCCCCOC(=O)c1cccc(C(=O)OCc2c(F)c(F)c(F)c(F)c2F)c1. The van der Waals surface area contributed by atoms with E-state index in [-0.39, 0.29) is 17.7 Å². The highest BCUT2D eigenvalue weighted by molar-refractivity contribution is 5.95. The van der Waals surface area contributed by atoms with E-state index in [1.807, 2.05) is 0 Å². The lowest BCUT2D eigenvalue weighted by Crippen LogP contribution is -2.13. The summed E-state index contributed by atoms with van der Waals surface area (Å²) in [6.45, 7) is 1.27. The van der Waals surface area contributed by atoms with Crippen LogP contribution in [0.4, 0.5) is 22.0 Å². The molecule has 4 nitrogen and oxygen atoms in total. The lowest BCUT2D eigenvalue weighted by Gasteiger charge is -2.10. The normalized spacial score (nSPS) is 11.0. The van der Waals surface area contributed by atoms with Gasteiger partial charge in [0.1, 0.15) is 6.61 Å². The molecule has 0 aliphatic rings. The van der Waals surface area contributed by atoms with Crippen molar-refractivity contribution in [3.63, 3.8) is 0 Å². The molecular weight excluding hydrogens is 519 g/mol. The molecule has 2 aromatic rings. The van der Waals surface area contributed by atoms with Gasteiger partial charge in [0.05, 0.1) is 23.3 Å². The summed E-state index contributed by atoms with van der Waals surface area (Å²) in [5.41, 5.74) is -1.35. The van der Waals surface area contributed by atoms with Gasteiger partial charge in [0, 0.05) is 0 Å². The number of benzene rings is 2. The van der Waals surface area contributed by atoms with Crippen molar-refractivity contribution < 1.29 is 41.0 Å². The molecule has 0 aliphatic heterocycles. The smallest absolute Gasteiger partial charge is 0.338 e. The number of hydrogen-bond donors (Lipinski definition) is 0. The molecule has 39 heavy (non-hydrogen) atoms. The second kappa shape index (κ2) is 17.6. The van der Waals surface area contributed by atoms with Crippen LogP contribution in [0.2, 0.25) is 0 Å². The predicted octanol–water partition coefficient (Wildman–Crippen LogP) is 8.99. The summed E-state index contributed by atoms with van der Waals surface area (Å²) >= 11 is 0. The zero-order chi connectivity index (χ0) is 28.6. The van der Waals surface area contributed by atoms with E-state index in [0.29, 0.717) is 6.42 Å². The van der Waals surface area contributed by atoms with Crippen molar-refractivity contribution in [2.45, 2.75) is 97.0 Å². The van der Waals surface area contributed by atoms with Gasteiger partial charge in [-0.05, 0) is 24.6 Å². The zero-order valence-corrected chi connectivity index (χ0v) is 22.4. The topological polar surface area (TPSA) is 52.6 Å². The third kappa shape index (κ3) is 10.6. The molecule has 0 amide bonds. The molecule has 0 radical (unpaired) electrons. The Bertz CT molecular complexity index is 1040. The molecule has 0 aliphatic carbocycles. The van der Waals surface area contributed by atoms with Gasteiger partial charge in [-0.1, -0.05) is 90.0 Å². The highest BCUT2D eigenvalue weighted by Gasteiger charge is 2.26. The van der Waals surface area contributed by atoms with Gasteiger partial charge in [-0.25, -0.2) is 31.5 Å². The van der Waals surface area contributed by atoms with E-state index in [2.05, 4.69) is 6.92 Å². The number of esters is 2. The first kappa shape index (κ1) is 32.2. The van der Waals surface area contributed by atoms with Crippen LogP contribution in [0, 0.1) is 29.1 Å². The highest BCUT2D eigenvalue weighted by Crippen LogP contribution is 2.24. The first-order valence-corrected chi connectivity index (χ1v) is 13.7. The van der Waals surface area contributed by atoms with Gasteiger partial charge in [-0.15, -0.1) is 0 Å². The van der Waals surface area contributed by atoms with Gasteiger partial charge in [-0.3, -0.25) is 0 Å². The first-order valence-electron chi connectivity index (χ1n) is 13.7. The average Bonchev–Trinajstić information content (AvgIpc) is 2.95. The Balaban J connectivity index is 1.67. The first-order chi connectivity index (χ1) is 18.8. The van der Waals surface area contributed by atoms with Crippen LogP contribution in [0.5, 0.6) is 0 Å². The summed E-state index contributed by atoms with van der Waals surface area (Å²) < 4.78 is 77.3. The second-order valence-corrected chi connectivity index (χ2v) is 9.58. The Kier molecular flexibility index (Phi) is 14.5.